The van der Waals surface area contributed by atoms with Crippen molar-refractivity contribution >= 4 is 5.95 Å². The standard InChI is InChI=1S/C13H14FN3O/c1-17(6-7-18)13-15-8-10(9-16-13)11-4-2-3-5-12(11)14/h2-5,8-9,18H,6-7H2,1H3. The van der Waals surface area contributed by atoms with Gasteiger partial charge in [0.1, 0.15) is 5.82 Å². The zero-order chi connectivity index (χ0) is 13.0. The monoisotopic (exact) mass is 247 g/mol. The number of anilines is 1. The predicted octanol–water partition coefficient (Wildman–Crippen LogP) is 1.71. The molecule has 18 heavy (non-hydrogen) atoms. The molecule has 0 bridgehead atoms. The number of aliphatic hydroxyl groups excluding tert-OH is 1. The summed E-state index contributed by atoms with van der Waals surface area (Å²) in [6.07, 6.45) is 3.16. The maximum absolute atomic E-state index is 13.6. The Morgan fingerprint density at radius 1 is 1.22 bits per heavy atom. The molecule has 0 spiro atoms. The van der Waals surface area contributed by atoms with Gasteiger partial charge in [-0.15, -0.1) is 0 Å². The fraction of sp³-hybridized carbons (Fsp3) is 0.231. The molecule has 0 aliphatic rings. The van der Waals surface area contributed by atoms with E-state index < -0.39 is 0 Å². The van der Waals surface area contributed by atoms with Gasteiger partial charge < -0.3 is 10.0 Å². The highest BCUT2D eigenvalue weighted by molar-refractivity contribution is 5.62. The van der Waals surface area contributed by atoms with Crippen molar-refractivity contribution in [1.82, 2.24) is 9.97 Å². The largest absolute Gasteiger partial charge is 0.395 e. The topological polar surface area (TPSA) is 49.2 Å². The SMILES string of the molecule is CN(CCO)c1ncc(-c2ccccc2F)cn1. The zero-order valence-electron chi connectivity index (χ0n) is 10.0. The summed E-state index contributed by atoms with van der Waals surface area (Å²) in [6, 6.07) is 6.50. The number of aliphatic hydroxyl groups is 1. The molecule has 0 radical (unpaired) electrons. The third kappa shape index (κ3) is 2.62. The first-order chi connectivity index (χ1) is 8.72. The lowest BCUT2D eigenvalue weighted by molar-refractivity contribution is 0.303. The minimum Gasteiger partial charge on any atom is -0.395 e. The lowest BCUT2D eigenvalue weighted by Crippen LogP contribution is -2.23. The van der Waals surface area contributed by atoms with E-state index in [1.165, 1.54) is 6.07 Å². The Labute approximate surface area is 105 Å². The van der Waals surface area contributed by atoms with Gasteiger partial charge in [-0.2, -0.15) is 0 Å². The quantitative estimate of drug-likeness (QED) is 0.893. The molecule has 2 aromatic rings. The lowest BCUT2D eigenvalue weighted by Gasteiger charge is -2.15. The van der Waals surface area contributed by atoms with E-state index in [1.807, 2.05) is 0 Å². The van der Waals surface area contributed by atoms with Gasteiger partial charge in [0.05, 0.1) is 6.61 Å². The molecule has 0 saturated carbocycles. The number of hydrogen-bond donors (Lipinski definition) is 1. The normalized spacial score (nSPS) is 10.4. The van der Waals surface area contributed by atoms with Crippen molar-refractivity contribution in [1.29, 1.82) is 0 Å². The molecule has 0 fully saturated rings. The summed E-state index contributed by atoms with van der Waals surface area (Å²) < 4.78 is 13.6. The predicted molar refractivity (Wildman–Crippen MR) is 67.8 cm³/mol. The Kier molecular flexibility index (Phi) is 3.84. The first-order valence-corrected chi connectivity index (χ1v) is 5.61. The molecule has 0 aliphatic carbocycles. The van der Waals surface area contributed by atoms with E-state index in [1.54, 1.807) is 42.5 Å². The van der Waals surface area contributed by atoms with Crippen molar-refractivity contribution in [2.75, 3.05) is 25.1 Å². The summed E-state index contributed by atoms with van der Waals surface area (Å²) in [4.78, 5) is 10.0. The number of benzene rings is 1. The molecule has 4 nitrogen and oxygen atoms in total. The minimum atomic E-state index is -0.294. The summed E-state index contributed by atoms with van der Waals surface area (Å²) in [5, 5.41) is 8.82. The number of aromatic nitrogens is 2. The molecular weight excluding hydrogens is 233 g/mol. The number of rotatable bonds is 4. The van der Waals surface area contributed by atoms with Gasteiger partial charge in [-0.3, -0.25) is 0 Å². The van der Waals surface area contributed by atoms with Crippen LogP contribution in [0.25, 0.3) is 11.1 Å². The molecule has 1 aromatic heterocycles. The maximum atomic E-state index is 13.6. The van der Waals surface area contributed by atoms with Gasteiger partial charge in [-0.05, 0) is 6.07 Å². The average Bonchev–Trinajstić information content (AvgIpc) is 2.40. The summed E-state index contributed by atoms with van der Waals surface area (Å²) >= 11 is 0. The Hall–Kier alpha value is -2.01. The Morgan fingerprint density at radius 3 is 2.50 bits per heavy atom. The molecule has 1 aromatic carbocycles. The molecule has 2 rings (SSSR count). The highest BCUT2D eigenvalue weighted by atomic mass is 19.1. The van der Waals surface area contributed by atoms with E-state index in [2.05, 4.69) is 9.97 Å². The van der Waals surface area contributed by atoms with E-state index in [0.717, 1.165) is 0 Å². The molecule has 0 unspecified atom stereocenters. The van der Waals surface area contributed by atoms with Gasteiger partial charge in [-0.1, -0.05) is 18.2 Å². The van der Waals surface area contributed by atoms with Crippen LogP contribution in [0, 0.1) is 5.82 Å². The fourth-order valence-corrected chi connectivity index (χ4v) is 1.60. The minimum absolute atomic E-state index is 0.0366. The Balaban J connectivity index is 2.25. The van der Waals surface area contributed by atoms with Gasteiger partial charge in [-0.25, -0.2) is 14.4 Å². The van der Waals surface area contributed by atoms with Crippen LogP contribution in [0.5, 0.6) is 0 Å². The molecule has 0 saturated heterocycles. The lowest BCUT2D eigenvalue weighted by atomic mass is 10.1. The molecule has 1 heterocycles. The van der Waals surface area contributed by atoms with Crippen LogP contribution in [0.3, 0.4) is 0 Å². The van der Waals surface area contributed by atoms with Gasteiger partial charge >= 0.3 is 0 Å². The van der Waals surface area contributed by atoms with Gasteiger partial charge in [0.2, 0.25) is 5.95 Å². The first-order valence-electron chi connectivity index (χ1n) is 5.61. The fourth-order valence-electron chi connectivity index (χ4n) is 1.60. The number of likely N-dealkylation sites (N-methyl/N-ethyl adjacent to an activating group) is 1. The van der Waals surface area contributed by atoms with Crippen LogP contribution < -0.4 is 4.90 Å². The molecule has 94 valence electrons. The second-order valence-electron chi connectivity index (χ2n) is 3.90. The van der Waals surface area contributed by atoms with Crippen LogP contribution >= 0.6 is 0 Å². The molecule has 0 amide bonds. The third-order valence-corrected chi connectivity index (χ3v) is 2.60. The number of hydrogen-bond acceptors (Lipinski definition) is 4. The van der Waals surface area contributed by atoms with Crippen molar-refractivity contribution in [3.05, 3.63) is 42.5 Å². The van der Waals surface area contributed by atoms with Crippen LogP contribution in [0.1, 0.15) is 0 Å². The van der Waals surface area contributed by atoms with Crippen LogP contribution in [0.4, 0.5) is 10.3 Å². The van der Waals surface area contributed by atoms with Gasteiger partial charge in [0.25, 0.3) is 0 Å². The van der Waals surface area contributed by atoms with Crippen molar-refractivity contribution < 1.29 is 9.50 Å². The maximum Gasteiger partial charge on any atom is 0.225 e. The van der Waals surface area contributed by atoms with E-state index >= 15 is 0 Å². The van der Waals surface area contributed by atoms with Crippen LogP contribution in [0.15, 0.2) is 36.7 Å². The second kappa shape index (κ2) is 5.55. The average molecular weight is 247 g/mol. The van der Waals surface area contributed by atoms with Crippen LogP contribution in [-0.4, -0.2) is 35.3 Å². The van der Waals surface area contributed by atoms with Crippen LogP contribution in [-0.2, 0) is 0 Å². The van der Waals surface area contributed by atoms with E-state index in [4.69, 9.17) is 5.11 Å². The molecule has 5 heteroatoms. The first kappa shape index (κ1) is 12.4. The van der Waals surface area contributed by atoms with E-state index in [-0.39, 0.29) is 12.4 Å². The summed E-state index contributed by atoms with van der Waals surface area (Å²) in [7, 11) is 1.79. The zero-order valence-corrected chi connectivity index (χ0v) is 10.0. The summed E-state index contributed by atoms with van der Waals surface area (Å²) in [6.45, 7) is 0.494. The third-order valence-electron chi connectivity index (χ3n) is 2.60. The van der Waals surface area contributed by atoms with Gasteiger partial charge in [0, 0.05) is 37.1 Å². The molecular formula is C13H14FN3O. The number of halogens is 1. The Morgan fingerprint density at radius 2 is 1.89 bits per heavy atom. The van der Waals surface area contributed by atoms with Crippen molar-refractivity contribution in [3.8, 4) is 11.1 Å². The van der Waals surface area contributed by atoms with E-state index in [9.17, 15) is 4.39 Å². The van der Waals surface area contributed by atoms with E-state index in [0.29, 0.717) is 23.6 Å². The smallest absolute Gasteiger partial charge is 0.225 e. The van der Waals surface area contributed by atoms with Gasteiger partial charge in [0.15, 0.2) is 0 Å². The van der Waals surface area contributed by atoms with Crippen molar-refractivity contribution in [2.45, 2.75) is 0 Å². The Bertz CT molecular complexity index is 516. The molecule has 0 atom stereocenters. The number of nitrogens with zero attached hydrogens (tertiary/aromatic N) is 3. The van der Waals surface area contributed by atoms with Crippen LogP contribution in [0.2, 0.25) is 0 Å². The summed E-state index contributed by atoms with van der Waals surface area (Å²) in [5.74, 6) is 0.210. The van der Waals surface area contributed by atoms with Crippen molar-refractivity contribution in [3.63, 3.8) is 0 Å². The molecule has 1 N–H and O–H groups in total. The highest BCUT2D eigenvalue weighted by Gasteiger charge is 2.07. The summed E-state index contributed by atoms with van der Waals surface area (Å²) in [5.41, 5.74) is 1.11. The highest BCUT2D eigenvalue weighted by Crippen LogP contribution is 2.21. The molecule has 0 aliphatic heterocycles. The van der Waals surface area contributed by atoms with Crippen molar-refractivity contribution in [2.24, 2.45) is 0 Å². The second-order valence-corrected chi connectivity index (χ2v) is 3.90.